The van der Waals surface area contributed by atoms with E-state index in [1.165, 1.54) is 16.0 Å². The largest absolute Gasteiger partial charge is 0.383 e. The molecule has 0 unspecified atom stereocenters. The second-order valence-electron chi connectivity index (χ2n) is 7.44. The van der Waals surface area contributed by atoms with Gasteiger partial charge in [0.05, 0.1) is 17.7 Å². The molecule has 0 saturated carbocycles. The number of carbonyl (C=O) groups excluding carboxylic acids is 2. The van der Waals surface area contributed by atoms with Crippen LogP contribution in [-0.2, 0) is 24.6 Å². The zero-order chi connectivity index (χ0) is 22.0. The summed E-state index contributed by atoms with van der Waals surface area (Å²) in [7, 11) is 3.26. The Hall–Kier alpha value is -3.04. The third-order valence-electron chi connectivity index (χ3n) is 5.39. The van der Waals surface area contributed by atoms with Crippen LogP contribution in [0.15, 0.2) is 29.1 Å². The molecule has 1 aromatic carbocycles. The fraction of sp³-hybridized carbons (Fsp3) is 0.364. The molecular formula is C22H24N4O4S. The maximum Gasteiger partial charge on any atom is 0.280 e. The van der Waals surface area contributed by atoms with E-state index in [1.807, 2.05) is 6.07 Å². The van der Waals surface area contributed by atoms with Crippen molar-refractivity contribution < 1.29 is 14.3 Å². The molecule has 0 spiro atoms. The summed E-state index contributed by atoms with van der Waals surface area (Å²) in [6.45, 7) is 0.775. The Morgan fingerprint density at radius 3 is 2.77 bits per heavy atom. The Morgan fingerprint density at radius 2 is 1.97 bits per heavy atom. The number of para-hydroxylation sites is 1. The van der Waals surface area contributed by atoms with Crippen molar-refractivity contribution in [1.29, 1.82) is 0 Å². The molecule has 2 aromatic heterocycles. The lowest BCUT2D eigenvalue weighted by Gasteiger charge is -2.13. The number of hydrogen-bond donors (Lipinski definition) is 2. The number of benzene rings is 1. The molecular weight excluding hydrogens is 416 g/mol. The number of methoxy groups -OCH3 is 1. The summed E-state index contributed by atoms with van der Waals surface area (Å²) in [6, 6.07) is 7.02. The molecule has 1 aliphatic carbocycles. The minimum Gasteiger partial charge on any atom is -0.383 e. The van der Waals surface area contributed by atoms with Gasteiger partial charge in [0.2, 0.25) is 5.43 Å². The predicted molar refractivity (Wildman–Crippen MR) is 120 cm³/mol. The highest BCUT2D eigenvalue weighted by molar-refractivity contribution is 7.17. The highest BCUT2D eigenvalue weighted by atomic mass is 32.1. The lowest BCUT2D eigenvalue weighted by molar-refractivity contribution is 0.0937. The number of fused-ring (bicyclic) bond motifs is 2. The molecule has 0 aliphatic heterocycles. The van der Waals surface area contributed by atoms with E-state index in [-0.39, 0.29) is 11.6 Å². The zero-order valence-electron chi connectivity index (χ0n) is 17.5. The average Bonchev–Trinajstić information content (AvgIpc) is 3.14. The van der Waals surface area contributed by atoms with E-state index in [9.17, 15) is 14.4 Å². The van der Waals surface area contributed by atoms with Crippen LogP contribution in [0.4, 0.5) is 5.00 Å². The fourth-order valence-electron chi connectivity index (χ4n) is 3.88. The molecule has 0 fully saturated rings. The number of ether oxygens (including phenoxy) is 1. The molecule has 0 saturated heterocycles. The van der Waals surface area contributed by atoms with Gasteiger partial charge in [-0.15, -0.1) is 11.3 Å². The van der Waals surface area contributed by atoms with Gasteiger partial charge in [0.15, 0.2) is 5.69 Å². The fourth-order valence-corrected chi connectivity index (χ4v) is 5.17. The molecule has 2 amide bonds. The monoisotopic (exact) mass is 440 g/mol. The van der Waals surface area contributed by atoms with E-state index in [4.69, 9.17) is 4.74 Å². The van der Waals surface area contributed by atoms with Crippen LogP contribution in [0.3, 0.4) is 0 Å². The quantitative estimate of drug-likeness (QED) is 0.574. The topological polar surface area (TPSA) is 102 Å². The molecule has 9 heteroatoms. The number of nitrogens with zero attached hydrogens (tertiary/aromatic N) is 2. The first-order valence-corrected chi connectivity index (χ1v) is 11.0. The second-order valence-corrected chi connectivity index (χ2v) is 8.54. The third kappa shape index (κ3) is 4.11. The summed E-state index contributed by atoms with van der Waals surface area (Å²) in [5, 5.41) is 10.7. The van der Waals surface area contributed by atoms with Gasteiger partial charge in [-0.25, -0.2) is 0 Å². The number of thiophene rings is 1. The number of nitrogens with one attached hydrogen (secondary N) is 2. The van der Waals surface area contributed by atoms with Crippen molar-refractivity contribution in [1.82, 2.24) is 15.1 Å². The first kappa shape index (κ1) is 21.2. The summed E-state index contributed by atoms with van der Waals surface area (Å²) in [4.78, 5) is 39.9. The van der Waals surface area contributed by atoms with E-state index in [1.54, 1.807) is 32.4 Å². The lowest BCUT2D eigenvalue weighted by Crippen LogP contribution is -2.30. The number of carbonyl (C=O) groups is 2. The molecule has 3 aromatic rings. The molecule has 0 bridgehead atoms. The van der Waals surface area contributed by atoms with E-state index in [2.05, 4.69) is 15.7 Å². The van der Waals surface area contributed by atoms with Crippen LogP contribution >= 0.6 is 11.3 Å². The maximum absolute atomic E-state index is 13.0. The van der Waals surface area contributed by atoms with Crippen molar-refractivity contribution in [3.8, 4) is 0 Å². The molecule has 8 nitrogen and oxygen atoms in total. The van der Waals surface area contributed by atoms with E-state index >= 15 is 0 Å². The third-order valence-corrected chi connectivity index (χ3v) is 6.60. The van der Waals surface area contributed by atoms with Crippen molar-refractivity contribution in [2.45, 2.75) is 25.7 Å². The normalized spacial score (nSPS) is 13.1. The molecule has 162 valence electrons. The Labute approximate surface area is 183 Å². The SMILES string of the molecule is COCCNC(=O)c1c(NC(=O)c2nn(C)c3ccccc3c2=O)sc2c1CCCC2. The molecule has 1 aliphatic rings. The maximum atomic E-state index is 13.0. The Bertz CT molecular complexity index is 1210. The van der Waals surface area contributed by atoms with E-state index in [0.29, 0.717) is 34.6 Å². The zero-order valence-corrected chi connectivity index (χ0v) is 18.3. The minimum atomic E-state index is -0.615. The smallest absolute Gasteiger partial charge is 0.280 e. The molecule has 31 heavy (non-hydrogen) atoms. The first-order valence-electron chi connectivity index (χ1n) is 10.2. The summed E-state index contributed by atoms with van der Waals surface area (Å²) in [6.07, 6.45) is 3.73. The van der Waals surface area contributed by atoms with Crippen LogP contribution in [0.1, 0.15) is 44.1 Å². The van der Waals surface area contributed by atoms with Crippen molar-refractivity contribution in [2.75, 3.05) is 25.6 Å². The number of rotatable bonds is 6. The van der Waals surface area contributed by atoms with Gasteiger partial charge < -0.3 is 15.4 Å². The van der Waals surface area contributed by atoms with Gasteiger partial charge in [-0.3, -0.25) is 19.1 Å². The molecule has 0 radical (unpaired) electrons. The second kappa shape index (κ2) is 8.99. The van der Waals surface area contributed by atoms with Crippen molar-refractivity contribution in [2.24, 2.45) is 7.05 Å². The summed E-state index contributed by atoms with van der Waals surface area (Å²) < 4.78 is 6.52. The van der Waals surface area contributed by atoms with Crippen molar-refractivity contribution in [3.05, 3.63) is 56.2 Å². The Kier molecular flexibility index (Phi) is 6.15. The molecule has 4 rings (SSSR count). The first-order chi connectivity index (χ1) is 15.0. The lowest BCUT2D eigenvalue weighted by atomic mass is 9.95. The highest BCUT2D eigenvalue weighted by Gasteiger charge is 2.27. The van der Waals surface area contributed by atoms with Crippen LogP contribution in [0, 0.1) is 0 Å². The predicted octanol–water partition coefficient (Wildman–Crippen LogP) is 2.50. The van der Waals surface area contributed by atoms with Gasteiger partial charge in [0.1, 0.15) is 5.00 Å². The summed E-state index contributed by atoms with van der Waals surface area (Å²) in [5.74, 6) is -0.859. The molecule has 2 heterocycles. The van der Waals surface area contributed by atoms with E-state index < -0.39 is 11.3 Å². The average molecular weight is 441 g/mol. The van der Waals surface area contributed by atoms with Crippen LogP contribution in [0.2, 0.25) is 0 Å². The van der Waals surface area contributed by atoms with Gasteiger partial charge in [-0.05, 0) is 43.4 Å². The van der Waals surface area contributed by atoms with Gasteiger partial charge in [0.25, 0.3) is 11.8 Å². The summed E-state index contributed by atoms with van der Waals surface area (Å²) >= 11 is 1.41. The number of amides is 2. The van der Waals surface area contributed by atoms with Crippen LogP contribution in [0.25, 0.3) is 10.9 Å². The standard InChI is InChI=1S/C22H24N4O4S/c1-26-15-9-5-3-7-13(15)19(27)18(25-26)21(29)24-22-17(20(28)23-11-12-30-2)14-8-4-6-10-16(14)31-22/h3,5,7,9H,4,6,8,10-12H2,1-2H3,(H,23,28)(H,24,29). The van der Waals surface area contributed by atoms with Crippen molar-refractivity contribution >= 4 is 39.1 Å². The Morgan fingerprint density at radius 1 is 1.19 bits per heavy atom. The van der Waals surface area contributed by atoms with Crippen LogP contribution in [-0.4, -0.2) is 41.9 Å². The van der Waals surface area contributed by atoms with E-state index in [0.717, 1.165) is 36.1 Å². The summed E-state index contributed by atoms with van der Waals surface area (Å²) in [5.41, 5.74) is 1.49. The number of anilines is 1. The minimum absolute atomic E-state index is 0.196. The highest BCUT2D eigenvalue weighted by Crippen LogP contribution is 2.38. The van der Waals surface area contributed by atoms with Gasteiger partial charge in [-0.2, -0.15) is 5.10 Å². The van der Waals surface area contributed by atoms with Crippen LogP contribution in [0.5, 0.6) is 0 Å². The van der Waals surface area contributed by atoms with Gasteiger partial charge in [0, 0.05) is 31.0 Å². The number of aryl methyl sites for hydroxylation is 2. The number of aromatic nitrogens is 2. The van der Waals surface area contributed by atoms with Gasteiger partial charge in [-0.1, -0.05) is 12.1 Å². The Balaban J connectivity index is 1.69. The van der Waals surface area contributed by atoms with Gasteiger partial charge >= 0.3 is 0 Å². The van der Waals surface area contributed by atoms with Crippen molar-refractivity contribution in [3.63, 3.8) is 0 Å². The number of hydrogen-bond acceptors (Lipinski definition) is 6. The molecule has 2 N–H and O–H groups in total. The van der Waals surface area contributed by atoms with Crippen LogP contribution < -0.4 is 16.1 Å². The molecule has 0 atom stereocenters.